The molecule has 1 amide bonds. The fourth-order valence-corrected chi connectivity index (χ4v) is 2.41. The number of hydrogen-bond donors (Lipinski definition) is 2. The van der Waals surface area contributed by atoms with Crippen molar-refractivity contribution in [2.75, 3.05) is 6.61 Å². The molecule has 27 heavy (non-hydrogen) atoms. The number of aryl methyl sites for hydroxylation is 1. The Kier molecular flexibility index (Phi) is 7.55. The fraction of sp³-hybridized carbons (Fsp3) is 0.350. The molecule has 7 heteroatoms. The number of alkyl halides is 2. The van der Waals surface area contributed by atoms with E-state index in [4.69, 9.17) is 10.5 Å². The average Bonchev–Trinajstić information content (AvgIpc) is 2.65. The highest BCUT2D eigenvalue weighted by Gasteiger charge is 2.17. The minimum Gasteiger partial charge on any atom is -0.493 e. The van der Waals surface area contributed by atoms with E-state index in [-0.39, 0.29) is 12.3 Å². The standard InChI is InChI=1S/C20H24F2N2O3/c1-3-10-26-16-9-8-15(17(11-16)27-20(21)22)12-24-19(25)18(23)14-6-4-13(2)5-7-14/h4-9,11,18,20H,3,10,12,23H2,1-2H3,(H,24,25). The molecule has 0 saturated heterocycles. The normalized spacial score (nSPS) is 11.9. The van der Waals surface area contributed by atoms with Crippen LogP contribution in [-0.2, 0) is 11.3 Å². The molecule has 0 bridgehead atoms. The lowest BCUT2D eigenvalue weighted by Crippen LogP contribution is -2.33. The van der Waals surface area contributed by atoms with E-state index in [1.54, 1.807) is 24.3 Å². The molecule has 0 spiro atoms. The maximum absolute atomic E-state index is 12.7. The minimum atomic E-state index is -2.98. The van der Waals surface area contributed by atoms with Crippen LogP contribution in [0.3, 0.4) is 0 Å². The van der Waals surface area contributed by atoms with Gasteiger partial charge in [-0.3, -0.25) is 4.79 Å². The van der Waals surface area contributed by atoms with Crippen LogP contribution < -0.4 is 20.5 Å². The zero-order valence-electron chi connectivity index (χ0n) is 15.4. The molecule has 2 aromatic rings. The van der Waals surface area contributed by atoms with E-state index in [2.05, 4.69) is 10.1 Å². The Bertz CT molecular complexity index is 751. The second-order valence-corrected chi connectivity index (χ2v) is 6.10. The SMILES string of the molecule is CCCOc1ccc(CNC(=O)C(N)c2ccc(C)cc2)c(OC(F)F)c1. The summed E-state index contributed by atoms with van der Waals surface area (Å²) in [6, 6.07) is 11.1. The van der Waals surface area contributed by atoms with Crippen molar-refractivity contribution < 1.29 is 23.0 Å². The number of ether oxygens (including phenoxy) is 2. The molecule has 1 atom stereocenters. The van der Waals surface area contributed by atoms with Crippen molar-refractivity contribution in [1.82, 2.24) is 5.32 Å². The Morgan fingerprint density at radius 3 is 2.52 bits per heavy atom. The molecule has 0 fully saturated rings. The Balaban J connectivity index is 2.06. The van der Waals surface area contributed by atoms with E-state index in [1.807, 2.05) is 26.0 Å². The molecule has 146 valence electrons. The van der Waals surface area contributed by atoms with Crippen LogP contribution in [0.4, 0.5) is 8.78 Å². The van der Waals surface area contributed by atoms with Crippen molar-refractivity contribution in [3.8, 4) is 11.5 Å². The first-order chi connectivity index (χ1) is 12.9. The predicted octanol–water partition coefficient (Wildman–Crippen LogP) is 3.70. The van der Waals surface area contributed by atoms with Crippen molar-refractivity contribution in [1.29, 1.82) is 0 Å². The van der Waals surface area contributed by atoms with Crippen molar-refractivity contribution in [2.24, 2.45) is 5.73 Å². The molecule has 3 N–H and O–H groups in total. The van der Waals surface area contributed by atoms with Crippen LogP contribution in [0.15, 0.2) is 42.5 Å². The number of benzene rings is 2. The van der Waals surface area contributed by atoms with Crippen molar-refractivity contribution >= 4 is 5.91 Å². The summed E-state index contributed by atoms with van der Waals surface area (Å²) >= 11 is 0. The second kappa shape index (κ2) is 9.87. The number of rotatable bonds is 9. The van der Waals surface area contributed by atoms with Crippen LogP contribution in [0.25, 0.3) is 0 Å². The van der Waals surface area contributed by atoms with Crippen LogP contribution in [-0.4, -0.2) is 19.1 Å². The van der Waals surface area contributed by atoms with Gasteiger partial charge in [0.1, 0.15) is 17.5 Å². The van der Waals surface area contributed by atoms with Crippen LogP contribution in [0.5, 0.6) is 11.5 Å². The molecule has 2 aromatic carbocycles. The van der Waals surface area contributed by atoms with Gasteiger partial charge in [0.25, 0.3) is 0 Å². The summed E-state index contributed by atoms with van der Waals surface area (Å²) in [5.74, 6) is -0.0186. The molecular weight excluding hydrogens is 354 g/mol. The third kappa shape index (κ3) is 6.21. The van der Waals surface area contributed by atoms with Gasteiger partial charge in [0, 0.05) is 18.2 Å². The first-order valence-corrected chi connectivity index (χ1v) is 8.71. The van der Waals surface area contributed by atoms with Gasteiger partial charge < -0.3 is 20.5 Å². The Morgan fingerprint density at radius 2 is 1.89 bits per heavy atom. The van der Waals surface area contributed by atoms with Gasteiger partial charge in [-0.05, 0) is 31.0 Å². The molecule has 0 aliphatic rings. The summed E-state index contributed by atoms with van der Waals surface area (Å²) in [6.45, 7) is 1.38. The number of nitrogens with two attached hydrogens (primary N) is 1. The zero-order chi connectivity index (χ0) is 19.8. The summed E-state index contributed by atoms with van der Waals surface area (Å²) in [7, 11) is 0. The predicted molar refractivity (Wildman–Crippen MR) is 98.8 cm³/mol. The van der Waals surface area contributed by atoms with Gasteiger partial charge in [0.2, 0.25) is 5.91 Å². The third-order valence-electron chi connectivity index (χ3n) is 3.90. The first kappa shape index (κ1) is 20.6. The Hall–Kier alpha value is -2.67. The number of halogens is 2. The summed E-state index contributed by atoms with van der Waals surface area (Å²) in [5.41, 5.74) is 8.11. The largest absolute Gasteiger partial charge is 0.493 e. The summed E-state index contributed by atoms with van der Waals surface area (Å²) in [6.07, 6.45) is 0.791. The van der Waals surface area contributed by atoms with E-state index in [0.717, 1.165) is 12.0 Å². The smallest absolute Gasteiger partial charge is 0.387 e. The van der Waals surface area contributed by atoms with Gasteiger partial charge in [0.05, 0.1) is 6.61 Å². The maximum Gasteiger partial charge on any atom is 0.387 e. The highest BCUT2D eigenvalue weighted by Crippen LogP contribution is 2.27. The quantitative estimate of drug-likeness (QED) is 0.698. The molecule has 0 aromatic heterocycles. The van der Waals surface area contributed by atoms with Gasteiger partial charge in [-0.1, -0.05) is 36.8 Å². The monoisotopic (exact) mass is 378 g/mol. The molecular formula is C20H24F2N2O3. The first-order valence-electron chi connectivity index (χ1n) is 8.71. The van der Waals surface area contributed by atoms with Crippen LogP contribution in [0, 0.1) is 6.92 Å². The molecule has 5 nitrogen and oxygen atoms in total. The van der Waals surface area contributed by atoms with Crippen LogP contribution >= 0.6 is 0 Å². The third-order valence-corrected chi connectivity index (χ3v) is 3.90. The van der Waals surface area contributed by atoms with Crippen molar-refractivity contribution in [2.45, 2.75) is 39.5 Å². The maximum atomic E-state index is 12.7. The lowest BCUT2D eigenvalue weighted by atomic mass is 10.1. The number of hydrogen-bond acceptors (Lipinski definition) is 4. The van der Waals surface area contributed by atoms with E-state index < -0.39 is 18.6 Å². The van der Waals surface area contributed by atoms with Gasteiger partial charge in [0.15, 0.2) is 0 Å². The van der Waals surface area contributed by atoms with Gasteiger partial charge in [-0.25, -0.2) is 0 Å². The van der Waals surface area contributed by atoms with Gasteiger partial charge >= 0.3 is 6.61 Å². The number of carbonyl (C=O) groups is 1. The van der Waals surface area contributed by atoms with Crippen molar-refractivity contribution in [3.05, 3.63) is 59.2 Å². The molecule has 0 heterocycles. The van der Waals surface area contributed by atoms with E-state index in [1.165, 1.54) is 6.07 Å². The summed E-state index contributed by atoms with van der Waals surface area (Å²) < 4.78 is 35.4. The molecule has 2 rings (SSSR count). The number of carbonyl (C=O) groups excluding carboxylic acids is 1. The fourth-order valence-electron chi connectivity index (χ4n) is 2.41. The Labute approximate surface area is 157 Å². The van der Waals surface area contributed by atoms with Crippen LogP contribution in [0.1, 0.15) is 36.1 Å². The number of nitrogens with one attached hydrogen (secondary N) is 1. The number of amides is 1. The summed E-state index contributed by atoms with van der Waals surface area (Å²) in [5, 5.41) is 2.66. The van der Waals surface area contributed by atoms with Gasteiger partial charge in [-0.2, -0.15) is 8.78 Å². The zero-order valence-corrected chi connectivity index (χ0v) is 15.4. The Morgan fingerprint density at radius 1 is 1.19 bits per heavy atom. The lowest BCUT2D eigenvalue weighted by Gasteiger charge is -2.16. The molecule has 0 radical (unpaired) electrons. The lowest BCUT2D eigenvalue weighted by molar-refractivity contribution is -0.122. The van der Waals surface area contributed by atoms with E-state index >= 15 is 0 Å². The van der Waals surface area contributed by atoms with Crippen LogP contribution in [0.2, 0.25) is 0 Å². The molecule has 0 saturated carbocycles. The molecule has 0 aliphatic heterocycles. The molecule has 0 aliphatic carbocycles. The molecule has 1 unspecified atom stereocenters. The van der Waals surface area contributed by atoms with Crippen molar-refractivity contribution in [3.63, 3.8) is 0 Å². The van der Waals surface area contributed by atoms with E-state index in [0.29, 0.717) is 23.5 Å². The minimum absolute atomic E-state index is 0.00844. The average molecular weight is 378 g/mol. The second-order valence-electron chi connectivity index (χ2n) is 6.10. The topological polar surface area (TPSA) is 73.6 Å². The summed E-state index contributed by atoms with van der Waals surface area (Å²) in [4.78, 5) is 12.3. The van der Waals surface area contributed by atoms with E-state index in [9.17, 15) is 13.6 Å². The highest BCUT2D eigenvalue weighted by molar-refractivity contribution is 5.83. The van der Waals surface area contributed by atoms with Gasteiger partial charge in [-0.15, -0.1) is 0 Å². The highest BCUT2D eigenvalue weighted by atomic mass is 19.3.